The molecule has 0 bridgehead atoms. The van der Waals surface area contributed by atoms with Crippen molar-refractivity contribution < 1.29 is 14.3 Å². The molecule has 1 amide bonds. The zero-order chi connectivity index (χ0) is 23.4. The zero-order valence-corrected chi connectivity index (χ0v) is 21.4. The van der Waals surface area contributed by atoms with Gasteiger partial charge in [0.25, 0.3) is 0 Å². The first-order chi connectivity index (χ1) is 16.0. The van der Waals surface area contributed by atoms with Crippen molar-refractivity contribution in [1.82, 2.24) is 19.7 Å². The first-order valence-electron chi connectivity index (χ1n) is 11.1. The third-order valence-electron chi connectivity index (χ3n) is 5.30. The Morgan fingerprint density at radius 2 is 2.06 bits per heavy atom. The molecule has 3 heterocycles. The number of hydrogen-bond acceptors (Lipinski definition) is 9. The lowest BCUT2D eigenvalue weighted by molar-refractivity contribution is -0.113. The fraction of sp³-hybridized carbons (Fsp3) is 0.500. The Kier molecular flexibility index (Phi) is 7.82. The lowest BCUT2D eigenvalue weighted by Gasteiger charge is -2.13. The number of ether oxygens (including phenoxy) is 1. The second-order valence-electron chi connectivity index (χ2n) is 7.71. The van der Waals surface area contributed by atoms with Crippen LogP contribution in [-0.2, 0) is 28.9 Å². The van der Waals surface area contributed by atoms with E-state index in [1.54, 1.807) is 13.8 Å². The van der Waals surface area contributed by atoms with E-state index in [4.69, 9.17) is 4.74 Å². The number of nitrogens with zero attached hydrogens (tertiary/aromatic N) is 4. The predicted molar refractivity (Wildman–Crippen MR) is 132 cm³/mol. The van der Waals surface area contributed by atoms with E-state index in [1.807, 2.05) is 11.3 Å². The van der Waals surface area contributed by atoms with Crippen LogP contribution in [0.2, 0.25) is 0 Å². The Labute approximate surface area is 205 Å². The number of carbonyl (C=O) groups is 2. The Bertz CT molecular complexity index is 1150. The maximum Gasteiger partial charge on any atom is 0.350 e. The van der Waals surface area contributed by atoms with Crippen molar-refractivity contribution in [3.63, 3.8) is 0 Å². The minimum Gasteiger partial charge on any atom is -0.462 e. The summed E-state index contributed by atoms with van der Waals surface area (Å²) in [6.45, 7) is 6.70. The number of aryl methyl sites for hydroxylation is 2. The third kappa shape index (κ3) is 5.30. The van der Waals surface area contributed by atoms with Gasteiger partial charge in [0.2, 0.25) is 5.91 Å². The van der Waals surface area contributed by atoms with Crippen LogP contribution < -0.4 is 5.32 Å². The highest BCUT2D eigenvalue weighted by molar-refractivity contribution is 7.99. The van der Waals surface area contributed by atoms with Crippen molar-refractivity contribution >= 4 is 51.4 Å². The van der Waals surface area contributed by atoms with Crippen molar-refractivity contribution in [2.24, 2.45) is 0 Å². The molecular formula is C22H27N5O3S3. The number of aromatic nitrogens is 4. The van der Waals surface area contributed by atoms with Gasteiger partial charge in [0, 0.05) is 22.4 Å². The van der Waals surface area contributed by atoms with Gasteiger partial charge in [-0.2, -0.15) is 0 Å². The van der Waals surface area contributed by atoms with Crippen molar-refractivity contribution in [1.29, 1.82) is 0 Å². The molecule has 8 nitrogen and oxygen atoms in total. The largest absolute Gasteiger partial charge is 0.462 e. The second-order valence-corrected chi connectivity index (χ2v) is 10.6. The quantitative estimate of drug-likeness (QED) is 0.324. The lowest BCUT2D eigenvalue weighted by atomic mass is 9.95. The normalized spacial score (nSPS) is 13.1. The van der Waals surface area contributed by atoms with E-state index in [1.165, 1.54) is 40.6 Å². The Balaban J connectivity index is 1.44. The van der Waals surface area contributed by atoms with Crippen LogP contribution in [0.15, 0.2) is 10.5 Å². The number of esters is 1. The van der Waals surface area contributed by atoms with Gasteiger partial charge in [-0.1, -0.05) is 30.0 Å². The number of fused-ring (bicyclic) bond motifs is 1. The molecule has 0 atom stereocenters. The Morgan fingerprint density at radius 3 is 2.85 bits per heavy atom. The van der Waals surface area contributed by atoms with Gasteiger partial charge in [0.1, 0.15) is 4.88 Å². The molecule has 0 saturated heterocycles. The minimum atomic E-state index is -0.418. The van der Waals surface area contributed by atoms with Crippen LogP contribution in [0.5, 0.6) is 0 Å². The van der Waals surface area contributed by atoms with E-state index in [9.17, 15) is 9.59 Å². The summed E-state index contributed by atoms with van der Waals surface area (Å²) in [6, 6.07) is 0. The van der Waals surface area contributed by atoms with Gasteiger partial charge in [0.15, 0.2) is 16.1 Å². The Morgan fingerprint density at radius 1 is 1.24 bits per heavy atom. The summed E-state index contributed by atoms with van der Waals surface area (Å²) in [5, 5.41) is 15.0. The number of thiophene rings is 1. The molecular weight excluding hydrogens is 478 g/mol. The number of rotatable bonds is 9. The molecule has 4 rings (SSSR count). The average Bonchev–Trinajstić information content (AvgIpc) is 3.49. The van der Waals surface area contributed by atoms with E-state index in [-0.39, 0.29) is 11.7 Å². The molecule has 176 valence electrons. The number of amides is 1. The molecule has 3 aromatic rings. The van der Waals surface area contributed by atoms with Crippen LogP contribution in [0.1, 0.15) is 58.9 Å². The van der Waals surface area contributed by atoms with Crippen molar-refractivity contribution in [3.8, 4) is 11.4 Å². The molecule has 1 aliphatic carbocycles. The van der Waals surface area contributed by atoms with E-state index >= 15 is 0 Å². The van der Waals surface area contributed by atoms with Crippen LogP contribution in [-0.4, -0.2) is 44.0 Å². The number of carbonyl (C=O) groups excluding carboxylic acids is 2. The summed E-state index contributed by atoms with van der Waals surface area (Å²) < 4.78 is 7.16. The summed E-state index contributed by atoms with van der Waals surface area (Å²) in [4.78, 5) is 30.7. The molecule has 11 heteroatoms. The van der Waals surface area contributed by atoms with Crippen LogP contribution in [0.25, 0.3) is 11.4 Å². The topological polar surface area (TPSA) is 99.0 Å². The average molecular weight is 506 g/mol. The van der Waals surface area contributed by atoms with Gasteiger partial charge >= 0.3 is 5.97 Å². The van der Waals surface area contributed by atoms with Crippen molar-refractivity contribution in [2.75, 3.05) is 17.7 Å². The van der Waals surface area contributed by atoms with Gasteiger partial charge in [-0.3, -0.25) is 4.79 Å². The zero-order valence-electron chi connectivity index (χ0n) is 19.0. The summed E-state index contributed by atoms with van der Waals surface area (Å²) in [7, 11) is 0. The number of anilines is 1. The fourth-order valence-corrected chi connectivity index (χ4v) is 6.59. The van der Waals surface area contributed by atoms with E-state index < -0.39 is 5.97 Å². The molecule has 0 fully saturated rings. The second kappa shape index (κ2) is 10.8. The summed E-state index contributed by atoms with van der Waals surface area (Å²) in [5.41, 5.74) is 3.16. The number of thiazole rings is 1. The lowest BCUT2D eigenvalue weighted by Crippen LogP contribution is -2.14. The minimum absolute atomic E-state index is 0.178. The molecule has 0 aromatic carbocycles. The predicted octanol–water partition coefficient (Wildman–Crippen LogP) is 4.97. The van der Waals surface area contributed by atoms with E-state index in [0.29, 0.717) is 22.3 Å². The third-order valence-corrected chi connectivity index (χ3v) is 8.41. The SMILES string of the molecule is CCCn1c(SCC(=O)Nc2nc(C)c(C(=O)OCC)s2)nnc1-c1csc2c1CCCC2. The van der Waals surface area contributed by atoms with Crippen LogP contribution in [0.4, 0.5) is 5.13 Å². The molecule has 1 aliphatic rings. The molecule has 0 unspecified atom stereocenters. The van der Waals surface area contributed by atoms with Crippen molar-refractivity contribution in [2.45, 2.75) is 64.6 Å². The summed E-state index contributed by atoms with van der Waals surface area (Å²) in [6.07, 6.45) is 5.67. The maximum atomic E-state index is 12.6. The summed E-state index contributed by atoms with van der Waals surface area (Å²) in [5.74, 6) is 0.452. The van der Waals surface area contributed by atoms with Crippen LogP contribution in [0.3, 0.4) is 0 Å². The van der Waals surface area contributed by atoms with Gasteiger partial charge in [-0.05, 0) is 51.5 Å². The van der Waals surface area contributed by atoms with Gasteiger partial charge in [-0.25, -0.2) is 9.78 Å². The first-order valence-corrected chi connectivity index (χ1v) is 13.8. The highest BCUT2D eigenvalue weighted by atomic mass is 32.2. The monoisotopic (exact) mass is 505 g/mol. The van der Waals surface area contributed by atoms with Crippen LogP contribution in [0, 0.1) is 6.92 Å². The molecule has 1 N–H and O–H groups in total. The standard InChI is InChI=1S/C22H27N5O3S3/c1-4-10-27-19(15-11-31-16-9-7-6-8-14(15)16)25-26-22(27)32-12-17(28)24-21-23-13(3)18(33-21)20(29)30-5-2/h11H,4-10,12H2,1-3H3,(H,23,24,28). The fourth-order valence-electron chi connectivity index (χ4n) is 3.82. The van der Waals surface area contributed by atoms with Gasteiger partial charge in [-0.15, -0.1) is 21.5 Å². The molecule has 33 heavy (non-hydrogen) atoms. The van der Waals surface area contributed by atoms with E-state index in [0.717, 1.165) is 48.1 Å². The van der Waals surface area contributed by atoms with Crippen molar-refractivity contribution in [3.05, 3.63) is 26.4 Å². The molecule has 0 aliphatic heterocycles. The smallest absolute Gasteiger partial charge is 0.350 e. The highest BCUT2D eigenvalue weighted by Crippen LogP contribution is 2.37. The molecule has 0 saturated carbocycles. The molecule has 0 radical (unpaired) electrons. The van der Waals surface area contributed by atoms with Crippen LogP contribution >= 0.6 is 34.4 Å². The number of nitrogens with one attached hydrogen (secondary N) is 1. The first kappa shape index (κ1) is 23.9. The van der Waals surface area contributed by atoms with Gasteiger partial charge in [0.05, 0.1) is 18.1 Å². The molecule has 0 spiro atoms. The number of thioether (sulfide) groups is 1. The Hall–Kier alpha value is -2.24. The molecule has 3 aromatic heterocycles. The number of hydrogen-bond donors (Lipinski definition) is 1. The van der Waals surface area contributed by atoms with E-state index in [2.05, 4.69) is 37.4 Å². The van der Waals surface area contributed by atoms with Gasteiger partial charge < -0.3 is 14.6 Å². The summed E-state index contributed by atoms with van der Waals surface area (Å²) >= 11 is 4.31. The maximum absolute atomic E-state index is 12.6. The highest BCUT2D eigenvalue weighted by Gasteiger charge is 2.23.